The van der Waals surface area contributed by atoms with Gasteiger partial charge in [-0.2, -0.15) is 0 Å². The Bertz CT molecular complexity index is 664. The van der Waals surface area contributed by atoms with E-state index >= 15 is 0 Å². The Kier molecular flexibility index (Phi) is 8.29. The molecule has 0 aromatic heterocycles. The van der Waals surface area contributed by atoms with E-state index < -0.39 is 12.1 Å². The summed E-state index contributed by atoms with van der Waals surface area (Å²) in [7, 11) is 0. The minimum atomic E-state index is -0.891. The molecule has 0 bridgehead atoms. The van der Waals surface area contributed by atoms with Crippen LogP contribution in [0.15, 0.2) is 24.3 Å². The average molecular weight is 391 g/mol. The summed E-state index contributed by atoms with van der Waals surface area (Å²) >= 11 is 0. The van der Waals surface area contributed by atoms with E-state index in [1.54, 1.807) is 30.9 Å². The summed E-state index contributed by atoms with van der Waals surface area (Å²) in [6.45, 7) is 6.38. The molecule has 0 aliphatic carbocycles. The highest BCUT2D eigenvalue weighted by atomic mass is 16.6. The van der Waals surface area contributed by atoms with Crippen LogP contribution in [0.1, 0.15) is 39.2 Å². The minimum absolute atomic E-state index is 0.172. The fourth-order valence-corrected chi connectivity index (χ4v) is 3.10. The number of carbonyl (C=O) groups excluding carboxylic acids is 3. The molecule has 1 aliphatic heterocycles. The van der Waals surface area contributed by atoms with Gasteiger partial charge in [-0.1, -0.05) is 19.1 Å². The maximum absolute atomic E-state index is 12.5. The van der Waals surface area contributed by atoms with E-state index in [4.69, 9.17) is 14.2 Å². The van der Waals surface area contributed by atoms with Crippen molar-refractivity contribution >= 4 is 17.8 Å². The van der Waals surface area contributed by atoms with Crippen LogP contribution in [0.5, 0.6) is 5.75 Å². The van der Waals surface area contributed by atoms with Crippen LogP contribution in [0.2, 0.25) is 0 Å². The van der Waals surface area contributed by atoms with E-state index in [0.29, 0.717) is 38.3 Å². The van der Waals surface area contributed by atoms with Gasteiger partial charge in [0.05, 0.1) is 12.5 Å². The Morgan fingerprint density at radius 1 is 1.11 bits per heavy atom. The lowest BCUT2D eigenvalue weighted by Gasteiger charge is -2.32. The minimum Gasteiger partial charge on any atom is -0.482 e. The molecule has 1 aliphatic rings. The Labute approximate surface area is 165 Å². The third kappa shape index (κ3) is 6.25. The molecule has 1 aromatic carbocycles. The molecule has 0 saturated carbocycles. The number of benzene rings is 1. The van der Waals surface area contributed by atoms with E-state index in [1.807, 2.05) is 12.1 Å². The zero-order valence-corrected chi connectivity index (χ0v) is 16.8. The predicted molar refractivity (Wildman–Crippen MR) is 103 cm³/mol. The monoisotopic (exact) mass is 391 g/mol. The average Bonchev–Trinajstić information content (AvgIpc) is 2.72. The Morgan fingerprint density at radius 3 is 2.32 bits per heavy atom. The first-order chi connectivity index (χ1) is 13.4. The van der Waals surface area contributed by atoms with Crippen molar-refractivity contribution in [1.29, 1.82) is 0 Å². The summed E-state index contributed by atoms with van der Waals surface area (Å²) in [5, 5.41) is 0. The summed E-state index contributed by atoms with van der Waals surface area (Å²) in [5.41, 5.74) is 1.18. The Morgan fingerprint density at radius 2 is 1.75 bits per heavy atom. The van der Waals surface area contributed by atoms with Crippen molar-refractivity contribution in [3.8, 4) is 5.75 Å². The van der Waals surface area contributed by atoms with E-state index in [-0.39, 0.29) is 24.4 Å². The van der Waals surface area contributed by atoms with E-state index in [0.717, 1.165) is 6.42 Å². The van der Waals surface area contributed by atoms with Gasteiger partial charge in [0.15, 0.2) is 12.7 Å². The molecule has 1 heterocycles. The second-order valence-corrected chi connectivity index (χ2v) is 6.77. The van der Waals surface area contributed by atoms with Gasteiger partial charge in [-0.05, 0) is 50.8 Å². The first kappa shape index (κ1) is 21.7. The van der Waals surface area contributed by atoms with Gasteiger partial charge in [0.25, 0.3) is 5.91 Å². The second kappa shape index (κ2) is 10.7. The molecule has 1 saturated heterocycles. The van der Waals surface area contributed by atoms with Crippen LogP contribution in [0, 0.1) is 5.92 Å². The number of hydrogen-bond donors (Lipinski definition) is 0. The highest BCUT2D eigenvalue weighted by Crippen LogP contribution is 2.20. The molecule has 154 valence electrons. The number of hydrogen-bond acceptors (Lipinski definition) is 6. The van der Waals surface area contributed by atoms with Crippen molar-refractivity contribution in [2.75, 3.05) is 26.3 Å². The van der Waals surface area contributed by atoms with Crippen molar-refractivity contribution in [2.24, 2.45) is 5.92 Å². The number of amides is 1. The molecule has 1 unspecified atom stereocenters. The van der Waals surface area contributed by atoms with Crippen LogP contribution < -0.4 is 4.74 Å². The van der Waals surface area contributed by atoms with Crippen LogP contribution in [0.4, 0.5) is 0 Å². The van der Waals surface area contributed by atoms with Gasteiger partial charge >= 0.3 is 11.9 Å². The summed E-state index contributed by atoms with van der Waals surface area (Å²) in [6.07, 6.45) is 1.15. The van der Waals surface area contributed by atoms with E-state index in [1.165, 1.54) is 5.56 Å². The van der Waals surface area contributed by atoms with Crippen molar-refractivity contribution in [1.82, 2.24) is 4.90 Å². The third-order valence-electron chi connectivity index (χ3n) is 4.77. The van der Waals surface area contributed by atoms with Crippen molar-refractivity contribution in [3.63, 3.8) is 0 Å². The van der Waals surface area contributed by atoms with Gasteiger partial charge in [0, 0.05) is 13.1 Å². The third-order valence-corrected chi connectivity index (χ3v) is 4.77. The number of piperidine rings is 1. The van der Waals surface area contributed by atoms with Gasteiger partial charge in [0.2, 0.25) is 0 Å². The van der Waals surface area contributed by atoms with Crippen LogP contribution >= 0.6 is 0 Å². The molecule has 1 atom stereocenters. The van der Waals surface area contributed by atoms with Crippen molar-refractivity contribution < 1.29 is 28.6 Å². The molecular formula is C21H29NO6. The quantitative estimate of drug-likeness (QED) is 0.633. The molecule has 0 radical (unpaired) electrons. The van der Waals surface area contributed by atoms with Crippen LogP contribution in [0.25, 0.3) is 0 Å². The first-order valence-electron chi connectivity index (χ1n) is 9.81. The molecule has 7 heteroatoms. The number of ether oxygens (including phenoxy) is 3. The molecule has 7 nitrogen and oxygen atoms in total. The number of rotatable bonds is 8. The van der Waals surface area contributed by atoms with Gasteiger partial charge in [-0.15, -0.1) is 0 Å². The zero-order valence-electron chi connectivity index (χ0n) is 16.8. The van der Waals surface area contributed by atoms with Crippen LogP contribution in [-0.2, 0) is 30.3 Å². The number of nitrogens with zero attached hydrogens (tertiary/aromatic N) is 1. The zero-order chi connectivity index (χ0) is 20.5. The molecule has 0 N–H and O–H groups in total. The molecule has 28 heavy (non-hydrogen) atoms. The number of carbonyl (C=O) groups is 3. The lowest BCUT2D eigenvalue weighted by Crippen LogP contribution is -2.45. The highest BCUT2D eigenvalue weighted by molar-refractivity contribution is 5.84. The van der Waals surface area contributed by atoms with Crippen molar-refractivity contribution in [2.45, 2.75) is 46.1 Å². The molecule has 1 amide bonds. The summed E-state index contributed by atoms with van der Waals surface area (Å²) in [5.74, 6) is -0.661. The molecule has 2 rings (SSSR count). The largest absolute Gasteiger partial charge is 0.482 e. The topological polar surface area (TPSA) is 82.1 Å². The maximum atomic E-state index is 12.5. The standard InChI is InChI=1S/C21H29NO6/c1-4-16-6-8-18(9-7-16)27-14-19(23)28-15(3)20(24)22-12-10-17(11-13-22)21(25)26-5-2/h6-9,15,17H,4-5,10-14H2,1-3H3. The fraction of sp³-hybridized carbons (Fsp3) is 0.571. The smallest absolute Gasteiger partial charge is 0.344 e. The van der Waals surface area contributed by atoms with Crippen LogP contribution in [-0.4, -0.2) is 55.2 Å². The highest BCUT2D eigenvalue weighted by Gasteiger charge is 2.31. The maximum Gasteiger partial charge on any atom is 0.344 e. The van der Waals surface area contributed by atoms with Gasteiger partial charge in [0.1, 0.15) is 5.75 Å². The van der Waals surface area contributed by atoms with Gasteiger partial charge in [-0.25, -0.2) is 4.79 Å². The molecule has 1 aromatic rings. The van der Waals surface area contributed by atoms with Crippen molar-refractivity contribution in [3.05, 3.63) is 29.8 Å². The summed E-state index contributed by atoms with van der Waals surface area (Å²) in [6, 6.07) is 7.47. The normalized spacial score (nSPS) is 15.6. The number of likely N-dealkylation sites (tertiary alicyclic amines) is 1. The van der Waals surface area contributed by atoms with Gasteiger partial charge in [-0.3, -0.25) is 9.59 Å². The molecular weight excluding hydrogens is 362 g/mol. The Balaban J connectivity index is 1.74. The molecule has 0 spiro atoms. The number of esters is 2. The first-order valence-corrected chi connectivity index (χ1v) is 9.81. The van der Waals surface area contributed by atoms with Crippen LogP contribution in [0.3, 0.4) is 0 Å². The fourth-order valence-electron chi connectivity index (χ4n) is 3.10. The van der Waals surface area contributed by atoms with E-state index in [2.05, 4.69) is 6.92 Å². The lowest BCUT2D eigenvalue weighted by atomic mass is 9.97. The summed E-state index contributed by atoms with van der Waals surface area (Å²) < 4.78 is 15.6. The predicted octanol–water partition coefficient (Wildman–Crippen LogP) is 2.36. The second-order valence-electron chi connectivity index (χ2n) is 6.77. The SMILES string of the molecule is CCOC(=O)C1CCN(C(=O)C(C)OC(=O)COc2ccc(CC)cc2)CC1. The summed E-state index contributed by atoms with van der Waals surface area (Å²) in [4.78, 5) is 37.8. The lowest BCUT2D eigenvalue weighted by molar-refractivity contribution is -0.162. The van der Waals surface area contributed by atoms with Gasteiger partial charge < -0.3 is 19.1 Å². The molecule has 1 fully saturated rings. The Hall–Kier alpha value is -2.57. The number of aryl methyl sites for hydroxylation is 1. The van der Waals surface area contributed by atoms with E-state index in [9.17, 15) is 14.4 Å².